The highest BCUT2D eigenvalue weighted by molar-refractivity contribution is 4.76. The first-order valence-corrected chi connectivity index (χ1v) is 8.84. The van der Waals surface area contributed by atoms with E-state index >= 15 is 0 Å². The Hall–Kier alpha value is -0.380. The Morgan fingerprint density at radius 3 is 2.43 bits per heavy atom. The average molecular weight is 296 g/mol. The first-order chi connectivity index (χ1) is 10.3. The van der Waals surface area contributed by atoms with E-state index in [0.29, 0.717) is 6.10 Å². The second-order valence-electron chi connectivity index (χ2n) is 6.45. The Kier molecular flexibility index (Phi) is 10.8. The highest BCUT2D eigenvalue weighted by Gasteiger charge is 2.19. The van der Waals surface area contributed by atoms with Crippen LogP contribution in [0.15, 0.2) is 12.7 Å². The number of ether oxygens (including phenoxy) is 1. The molecule has 0 heterocycles. The number of rotatable bonds is 12. The van der Waals surface area contributed by atoms with Gasteiger partial charge in [-0.2, -0.15) is 0 Å². The summed E-state index contributed by atoms with van der Waals surface area (Å²) in [5.74, 6) is 0. The van der Waals surface area contributed by atoms with Crippen LogP contribution in [0, 0.1) is 0 Å². The molecule has 1 fully saturated rings. The molecule has 1 aliphatic carbocycles. The van der Waals surface area contributed by atoms with Gasteiger partial charge in [-0.05, 0) is 59.2 Å². The van der Waals surface area contributed by atoms with Crippen molar-refractivity contribution in [2.45, 2.75) is 69.9 Å². The van der Waals surface area contributed by atoms with Crippen LogP contribution in [-0.2, 0) is 4.74 Å². The van der Waals surface area contributed by atoms with Gasteiger partial charge < -0.3 is 15.0 Å². The van der Waals surface area contributed by atoms with Crippen molar-refractivity contribution in [3.63, 3.8) is 0 Å². The van der Waals surface area contributed by atoms with Crippen LogP contribution in [0.25, 0.3) is 0 Å². The Labute approximate surface area is 132 Å². The number of hydrogen-bond acceptors (Lipinski definition) is 3. The van der Waals surface area contributed by atoms with Crippen LogP contribution in [0.4, 0.5) is 0 Å². The van der Waals surface area contributed by atoms with Crippen molar-refractivity contribution in [1.82, 2.24) is 10.2 Å². The van der Waals surface area contributed by atoms with Crippen molar-refractivity contribution < 1.29 is 4.74 Å². The molecule has 1 saturated carbocycles. The molecule has 3 nitrogen and oxygen atoms in total. The molecule has 1 rings (SSSR count). The zero-order chi connectivity index (χ0) is 15.3. The topological polar surface area (TPSA) is 24.5 Å². The zero-order valence-corrected chi connectivity index (χ0v) is 14.3. The third-order valence-electron chi connectivity index (χ3n) is 4.56. The minimum Gasteiger partial charge on any atom is -0.378 e. The molecule has 0 aliphatic heterocycles. The van der Waals surface area contributed by atoms with Gasteiger partial charge in [0, 0.05) is 19.2 Å². The molecule has 0 aromatic rings. The summed E-state index contributed by atoms with van der Waals surface area (Å²) < 4.78 is 6.01. The first kappa shape index (κ1) is 18.7. The van der Waals surface area contributed by atoms with Crippen molar-refractivity contribution >= 4 is 0 Å². The maximum Gasteiger partial charge on any atom is 0.0576 e. The minimum absolute atomic E-state index is 0.530. The summed E-state index contributed by atoms with van der Waals surface area (Å²) >= 11 is 0. The van der Waals surface area contributed by atoms with Crippen LogP contribution < -0.4 is 5.32 Å². The van der Waals surface area contributed by atoms with Gasteiger partial charge in [0.2, 0.25) is 0 Å². The zero-order valence-electron chi connectivity index (χ0n) is 14.3. The lowest BCUT2D eigenvalue weighted by atomic mass is 9.93. The van der Waals surface area contributed by atoms with Gasteiger partial charge in [-0.3, -0.25) is 0 Å². The summed E-state index contributed by atoms with van der Waals surface area (Å²) in [7, 11) is 4.24. The molecular weight excluding hydrogens is 260 g/mol. The maximum atomic E-state index is 6.01. The fourth-order valence-electron chi connectivity index (χ4n) is 3.09. The van der Waals surface area contributed by atoms with Crippen LogP contribution in [0.5, 0.6) is 0 Å². The molecule has 3 heteroatoms. The van der Waals surface area contributed by atoms with E-state index in [1.165, 1.54) is 64.3 Å². The lowest BCUT2D eigenvalue weighted by molar-refractivity contribution is 0.0210. The molecule has 1 N–H and O–H groups in total. The van der Waals surface area contributed by atoms with E-state index in [2.05, 4.69) is 30.9 Å². The lowest BCUT2D eigenvalue weighted by Gasteiger charge is -2.28. The number of hydrogen-bond donors (Lipinski definition) is 1. The molecule has 0 unspecified atom stereocenters. The van der Waals surface area contributed by atoms with E-state index in [9.17, 15) is 0 Å². The molecule has 21 heavy (non-hydrogen) atoms. The molecule has 0 bridgehead atoms. The third kappa shape index (κ3) is 9.28. The largest absolute Gasteiger partial charge is 0.378 e. The average Bonchev–Trinajstić information content (AvgIpc) is 2.51. The predicted octanol–water partition coefficient (Wildman–Crippen LogP) is 3.60. The van der Waals surface area contributed by atoms with Crippen LogP contribution in [0.1, 0.15) is 57.8 Å². The van der Waals surface area contributed by atoms with E-state index in [1.54, 1.807) is 0 Å². The quantitative estimate of drug-likeness (QED) is 0.440. The van der Waals surface area contributed by atoms with Crippen molar-refractivity contribution in [3.05, 3.63) is 12.7 Å². The summed E-state index contributed by atoms with van der Waals surface area (Å²) in [6, 6.07) is 0.726. The SMILES string of the molecule is C=CCN(C)CCCCCCCO[C@H]1CC[C@H](NC)CC1. The number of nitrogens with one attached hydrogen (secondary N) is 1. The van der Waals surface area contributed by atoms with Gasteiger partial charge >= 0.3 is 0 Å². The number of unbranched alkanes of at least 4 members (excludes halogenated alkanes) is 4. The molecule has 0 aromatic carbocycles. The van der Waals surface area contributed by atoms with Gasteiger partial charge in [0.1, 0.15) is 0 Å². The van der Waals surface area contributed by atoms with E-state index in [1.807, 2.05) is 6.08 Å². The first-order valence-electron chi connectivity index (χ1n) is 8.84. The van der Waals surface area contributed by atoms with Crippen LogP contribution in [0.2, 0.25) is 0 Å². The summed E-state index contributed by atoms with van der Waals surface area (Å²) in [4.78, 5) is 2.33. The molecule has 0 spiro atoms. The van der Waals surface area contributed by atoms with Crippen LogP contribution in [0.3, 0.4) is 0 Å². The van der Waals surface area contributed by atoms with Gasteiger partial charge in [0.15, 0.2) is 0 Å². The molecule has 0 aromatic heterocycles. The van der Waals surface area contributed by atoms with Crippen molar-refractivity contribution in [3.8, 4) is 0 Å². The summed E-state index contributed by atoms with van der Waals surface area (Å²) in [6.07, 6.45) is 14.1. The van der Waals surface area contributed by atoms with Crippen molar-refractivity contribution in [1.29, 1.82) is 0 Å². The minimum atomic E-state index is 0.530. The Bertz CT molecular complexity index is 250. The molecule has 0 atom stereocenters. The Balaban J connectivity index is 1.84. The van der Waals surface area contributed by atoms with Crippen LogP contribution in [-0.4, -0.2) is 50.8 Å². The molecule has 0 saturated heterocycles. The van der Waals surface area contributed by atoms with E-state index in [0.717, 1.165) is 19.2 Å². The second-order valence-corrected chi connectivity index (χ2v) is 6.45. The van der Waals surface area contributed by atoms with E-state index in [-0.39, 0.29) is 0 Å². The van der Waals surface area contributed by atoms with E-state index < -0.39 is 0 Å². The number of nitrogens with zero attached hydrogens (tertiary/aromatic N) is 1. The molecule has 124 valence electrons. The van der Waals surface area contributed by atoms with Crippen molar-refractivity contribution in [2.75, 3.05) is 33.8 Å². The summed E-state index contributed by atoms with van der Waals surface area (Å²) in [6.45, 7) is 6.93. The summed E-state index contributed by atoms with van der Waals surface area (Å²) in [5, 5.41) is 3.37. The fourth-order valence-corrected chi connectivity index (χ4v) is 3.09. The predicted molar refractivity (Wildman–Crippen MR) is 91.8 cm³/mol. The van der Waals surface area contributed by atoms with Crippen molar-refractivity contribution in [2.24, 2.45) is 0 Å². The van der Waals surface area contributed by atoms with Gasteiger partial charge in [0.25, 0.3) is 0 Å². The summed E-state index contributed by atoms with van der Waals surface area (Å²) in [5.41, 5.74) is 0. The van der Waals surface area contributed by atoms with Gasteiger partial charge in [0.05, 0.1) is 6.10 Å². The Morgan fingerprint density at radius 2 is 1.76 bits per heavy atom. The molecule has 1 aliphatic rings. The highest BCUT2D eigenvalue weighted by Crippen LogP contribution is 2.21. The number of likely N-dealkylation sites (N-methyl/N-ethyl adjacent to an activating group) is 1. The third-order valence-corrected chi connectivity index (χ3v) is 4.56. The molecule has 0 radical (unpaired) electrons. The van der Waals surface area contributed by atoms with E-state index in [4.69, 9.17) is 4.74 Å². The lowest BCUT2D eigenvalue weighted by Crippen LogP contribution is -2.33. The monoisotopic (exact) mass is 296 g/mol. The van der Waals surface area contributed by atoms with Crippen LogP contribution >= 0.6 is 0 Å². The second kappa shape index (κ2) is 12.2. The molecule has 0 amide bonds. The smallest absolute Gasteiger partial charge is 0.0576 e. The van der Waals surface area contributed by atoms with Gasteiger partial charge in [-0.25, -0.2) is 0 Å². The Morgan fingerprint density at radius 1 is 1.10 bits per heavy atom. The maximum absolute atomic E-state index is 6.01. The van der Waals surface area contributed by atoms with Gasteiger partial charge in [-0.15, -0.1) is 6.58 Å². The van der Waals surface area contributed by atoms with Gasteiger partial charge in [-0.1, -0.05) is 25.3 Å². The normalized spacial score (nSPS) is 22.6. The molecular formula is C18H36N2O. The standard InChI is InChI=1S/C18H36N2O/c1-4-14-20(3)15-8-6-5-7-9-16-21-18-12-10-17(19-2)11-13-18/h4,17-19H,1,5-16H2,2-3H3/t17-,18-. The fraction of sp³-hybridized carbons (Fsp3) is 0.889. The highest BCUT2D eigenvalue weighted by atomic mass is 16.5.